The van der Waals surface area contributed by atoms with Crippen molar-refractivity contribution in [3.63, 3.8) is 0 Å². The number of thioether (sulfide) groups is 1. The molecule has 0 aliphatic carbocycles. The zero-order valence-corrected chi connectivity index (χ0v) is 18.3. The van der Waals surface area contributed by atoms with Gasteiger partial charge in [0.05, 0.1) is 6.16 Å². The molecule has 3 N–H and O–H groups in total. The number of aryl methyl sites for hydroxylation is 1. The van der Waals surface area contributed by atoms with E-state index in [9.17, 15) is 17.7 Å². The highest BCUT2D eigenvalue weighted by Gasteiger charge is 2.13. The SMILES string of the molecule is O=P(O)(O)CCCNCc1cc(F)c(SCCCCCc2ccc(F)cc2)cc1F. The Balaban J connectivity index is 1.67. The van der Waals surface area contributed by atoms with Gasteiger partial charge in [-0.15, -0.1) is 11.8 Å². The Hall–Kier alpha value is -1.31. The zero-order valence-electron chi connectivity index (χ0n) is 16.6. The van der Waals surface area contributed by atoms with Crippen LogP contribution in [-0.2, 0) is 17.5 Å². The molecule has 2 rings (SSSR count). The van der Waals surface area contributed by atoms with Gasteiger partial charge in [0.25, 0.3) is 0 Å². The van der Waals surface area contributed by atoms with Crippen LogP contribution in [0.15, 0.2) is 41.3 Å². The molecule has 0 aromatic heterocycles. The van der Waals surface area contributed by atoms with Gasteiger partial charge in [-0.25, -0.2) is 13.2 Å². The highest BCUT2D eigenvalue weighted by molar-refractivity contribution is 7.99. The van der Waals surface area contributed by atoms with Crippen LogP contribution in [0.1, 0.15) is 36.8 Å². The van der Waals surface area contributed by atoms with E-state index in [1.54, 1.807) is 12.1 Å². The number of nitrogens with one attached hydrogen (secondary N) is 1. The molecule has 0 amide bonds. The Morgan fingerprint density at radius 2 is 1.67 bits per heavy atom. The van der Waals surface area contributed by atoms with E-state index in [4.69, 9.17) is 9.79 Å². The first-order chi connectivity index (χ1) is 14.2. The van der Waals surface area contributed by atoms with Crippen LogP contribution in [0.5, 0.6) is 0 Å². The maximum Gasteiger partial charge on any atom is 0.325 e. The van der Waals surface area contributed by atoms with Crippen molar-refractivity contribution in [2.45, 2.75) is 43.5 Å². The molecule has 0 saturated carbocycles. The number of unbranched alkanes of at least 4 members (excludes halogenated alkanes) is 2. The summed E-state index contributed by atoms with van der Waals surface area (Å²) in [6.45, 7) is 0.402. The van der Waals surface area contributed by atoms with E-state index in [0.717, 1.165) is 31.2 Å². The molecule has 0 aliphatic heterocycles. The quantitative estimate of drug-likeness (QED) is 0.216. The third-order valence-corrected chi connectivity index (χ3v) is 6.52. The van der Waals surface area contributed by atoms with E-state index in [-0.39, 0.29) is 35.4 Å². The molecule has 0 bridgehead atoms. The second-order valence-corrected chi connectivity index (χ2v) is 9.99. The van der Waals surface area contributed by atoms with Crippen molar-refractivity contribution in [2.24, 2.45) is 0 Å². The molecule has 0 saturated heterocycles. The summed E-state index contributed by atoms with van der Waals surface area (Å²) in [7, 11) is -4.03. The van der Waals surface area contributed by atoms with Crippen molar-refractivity contribution in [1.82, 2.24) is 5.32 Å². The van der Waals surface area contributed by atoms with E-state index in [2.05, 4.69) is 5.32 Å². The summed E-state index contributed by atoms with van der Waals surface area (Å²) in [5.41, 5.74) is 1.27. The van der Waals surface area contributed by atoms with E-state index in [1.807, 2.05) is 0 Å². The van der Waals surface area contributed by atoms with Crippen molar-refractivity contribution in [3.8, 4) is 0 Å². The summed E-state index contributed by atoms with van der Waals surface area (Å²) in [5, 5.41) is 2.87. The molecular formula is C21H27F3NO3PS. The molecule has 9 heteroatoms. The Morgan fingerprint density at radius 1 is 0.933 bits per heavy atom. The lowest BCUT2D eigenvalue weighted by Crippen LogP contribution is -2.17. The van der Waals surface area contributed by atoms with Crippen molar-refractivity contribution in [1.29, 1.82) is 0 Å². The lowest BCUT2D eigenvalue weighted by molar-refractivity contribution is 0.371. The maximum atomic E-state index is 14.2. The minimum absolute atomic E-state index is 0.0955. The molecule has 0 atom stereocenters. The summed E-state index contributed by atoms with van der Waals surface area (Å²) in [6.07, 6.45) is 3.65. The van der Waals surface area contributed by atoms with Crippen LogP contribution in [-0.4, -0.2) is 28.2 Å². The summed E-state index contributed by atoms with van der Waals surface area (Å²) in [6, 6.07) is 8.81. The first kappa shape index (κ1) is 25.0. The van der Waals surface area contributed by atoms with E-state index in [1.165, 1.54) is 36.0 Å². The zero-order chi connectivity index (χ0) is 22.0. The third kappa shape index (κ3) is 9.67. The fourth-order valence-corrected chi connectivity index (χ4v) is 4.41. The standard InChI is InChI=1S/C21H27F3NO3PS/c22-18-8-6-16(7-9-18)5-2-1-3-12-30-21-14-19(23)17(13-20(21)24)15-25-10-4-11-29(26,27)28/h6-9,13-14,25H,1-5,10-12,15H2,(H2,26,27,28). The summed E-state index contributed by atoms with van der Waals surface area (Å²) in [4.78, 5) is 17.8. The lowest BCUT2D eigenvalue weighted by Gasteiger charge is -2.10. The number of rotatable bonds is 13. The van der Waals surface area contributed by atoms with Gasteiger partial charge in [0.1, 0.15) is 17.5 Å². The summed E-state index contributed by atoms with van der Waals surface area (Å²) in [5.74, 6) is -0.539. The molecule has 166 valence electrons. The lowest BCUT2D eigenvalue weighted by atomic mass is 10.1. The monoisotopic (exact) mass is 461 g/mol. The Labute approximate surface area is 179 Å². The van der Waals surface area contributed by atoms with Crippen LogP contribution in [0.3, 0.4) is 0 Å². The molecule has 0 heterocycles. The number of hydrogen-bond donors (Lipinski definition) is 3. The minimum atomic E-state index is -4.03. The first-order valence-corrected chi connectivity index (χ1v) is 12.6. The molecule has 0 spiro atoms. The average Bonchev–Trinajstić information content (AvgIpc) is 2.68. The van der Waals surface area contributed by atoms with Crippen molar-refractivity contribution in [3.05, 3.63) is 65.0 Å². The fourth-order valence-electron chi connectivity index (χ4n) is 2.89. The molecule has 2 aromatic rings. The molecule has 0 aliphatic rings. The van der Waals surface area contributed by atoms with E-state index in [0.29, 0.717) is 12.3 Å². The van der Waals surface area contributed by atoms with Gasteiger partial charge in [-0.1, -0.05) is 18.6 Å². The molecule has 4 nitrogen and oxygen atoms in total. The van der Waals surface area contributed by atoms with Crippen LogP contribution in [0.25, 0.3) is 0 Å². The Kier molecular flexibility index (Phi) is 10.4. The Morgan fingerprint density at radius 3 is 2.37 bits per heavy atom. The first-order valence-electron chi connectivity index (χ1n) is 9.85. The van der Waals surface area contributed by atoms with Crippen LogP contribution in [0.2, 0.25) is 0 Å². The Bertz CT molecular complexity index is 846. The van der Waals surface area contributed by atoms with Gasteiger partial charge < -0.3 is 15.1 Å². The second-order valence-electron chi connectivity index (χ2n) is 7.08. The van der Waals surface area contributed by atoms with Gasteiger partial charge in [-0.05, 0) is 67.8 Å². The van der Waals surface area contributed by atoms with Gasteiger partial charge in [-0.3, -0.25) is 4.57 Å². The smallest absolute Gasteiger partial charge is 0.324 e. The van der Waals surface area contributed by atoms with Gasteiger partial charge in [0.15, 0.2) is 0 Å². The van der Waals surface area contributed by atoms with Crippen LogP contribution in [0.4, 0.5) is 13.2 Å². The average molecular weight is 461 g/mol. The van der Waals surface area contributed by atoms with Gasteiger partial charge in [-0.2, -0.15) is 0 Å². The normalized spacial score (nSPS) is 11.8. The van der Waals surface area contributed by atoms with E-state index >= 15 is 0 Å². The summed E-state index contributed by atoms with van der Waals surface area (Å²) >= 11 is 1.28. The third-order valence-electron chi connectivity index (χ3n) is 4.50. The van der Waals surface area contributed by atoms with Crippen LogP contribution < -0.4 is 5.32 Å². The van der Waals surface area contributed by atoms with Crippen LogP contribution >= 0.6 is 19.4 Å². The predicted octanol–water partition coefficient (Wildman–Crippen LogP) is 5.27. The molecule has 0 radical (unpaired) electrons. The highest BCUT2D eigenvalue weighted by atomic mass is 32.2. The molecular weight excluding hydrogens is 434 g/mol. The highest BCUT2D eigenvalue weighted by Crippen LogP contribution is 2.34. The topological polar surface area (TPSA) is 69.6 Å². The largest absolute Gasteiger partial charge is 0.325 e. The number of benzene rings is 2. The van der Waals surface area contributed by atoms with Gasteiger partial charge >= 0.3 is 7.60 Å². The van der Waals surface area contributed by atoms with Crippen molar-refractivity contribution >= 4 is 19.4 Å². The fraction of sp³-hybridized carbons (Fsp3) is 0.429. The predicted molar refractivity (Wildman–Crippen MR) is 114 cm³/mol. The molecule has 0 unspecified atom stereocenters. The van der Waals surface area contributed by atoms with E-state index < -0.39 is 19.2 Å². The van der Waals surface area contributed by atoms with Crippen molar-refractivity contribution in [2.75, 3.05) is 18.5 Å². The molecule has 2 aromatic carbocycles. The van der Waals surface area contributed by atoms with Gasteiger partial charge in [0.2, 0.25) is 0 Å². The van der Waals surface area contributed by atoms with Crippen LogP contribution in [0, 0.1) is 17.5 Å². The van der Waals surface area contributed by atoms with Crippen molar-refractivity contribution < 1.29 is 27.5 Å². The second kappa shape index (κ2) is 12.5. The number of halogens is 3. The minimum Gasteiger partial charge on any atom is -0.324 e. The molecule has 0 fully saturated rings. The molecule has 30 heavy (non-hydrogen) atoms. The van der Waals surface area contributed by atoms with Gasteiger partial charge in [0, 0.05) is 17.0 Å². The number of hydrogen-bond acceptors (Lipinski definition) is 3. The maximum absolute atomic E-state index is 14.2. The summed E-state index contributed by atoms with van der Waals surface area (Å²) < 4.78 is 52.1.